The maximum absolute atomic E-state index is 12.2. The zero-order valence-electron chi connectivity index (χ0n) is 15.1. The molecule has 6 nitrogen and oxygen atoms in total. The summed E-state index contributed by atoms with van der Waals surface area (Å²) in [6, 6.07) is 2.11. The van der Waals surface area contributed by atoms with Crippen molar-refractivity contribution in [1.82, 2.24) is 15.3 Å². The van der Waals surface area contributed by atoms with E-state index in [0.29, 0.717) is 0 Å². The lowest BCUT2D eigenvalue weighted by atomic mass is 9.96. The molecule has 2 saturated heterocycles. The average molecular weight is 364 g/mol. The van der Waals surface area contributed by atoms with E-state index in [4.69, 9.17) is 0 Å². The van der Waals surface area contributed by atoms with Gasteiger partial charge in [-0.3, -0.25) is 4.79 Å². The molecule has 0 unspecified atom stereocenters. The van der Waals surface area contributed by atoms with Crippen LogP contribution in [-0.2, 0) is 4.79 Å². The fourth-order valence-corrected chi connectivity index (χ4v) is 4.28. The second kappa shape index (κ2) is 9.27. The van der Waals surface area contributed by atoms with E-state index in [1.807, 2.05) is 11.8 Å². The summed E-state index contributed by atoms with van der Waals surface area (Å²) in [6.07, 6.45) is 5.65. The van der Waals surface area contributed by atoms with Gasteiger partial charge in [-0.1, -0.05) is 13.3 Å². The highest BCUT2D eigenvalue weighted by molar-refractivity contribution is 7.99. The lowest BCUT2D eigenvalue weighted by molar-refractivity contribution is -0.125. The highest BCUT2D eigenvalue weighted by Crippen LogP contribution is 2.25. The van der Waals surface area contributed by atoms with Crippen molar-refractivity contribution in [3.8, 4) is 0 Å². The number of aromatic nitrogens is 2. The number of hydrogen-bond acceptors (Lipinski definition) is 6. The van der Waals surface area contributed by atoms with E-state index in [0.717, 1.165) is 81.5 Å². The van der Waals surface area contributed by atoms with Crippen LogP contribution in [-0.4, -0.2) is 60.1 Å². The normalized spacial score (nSPS) is 19.1. The van der Waals surface area contributed by atoms with Crippen molar-refractivity contribution >= 4 is 29.3 Å². The minimum absolute atomic E-state index is 0.147. The Morgan fingerprint density at radius 3 is 2.44 bits per heavy atom. The van der Waals surface area contributed by atoms with E-state index < -0.39 is 0 Å². The molecule has 7 heteroatoms. The largest absolute Gasteiger partial charge is 0.356 e. The molecule has 1 amide bonds. The van der Waals surface area contributed by atoms with Crippen LogP contribution in [0.3, 0.4) is 0 Å². The number of carbonyl (C=O) groups is 1. The fourth-order valence-electron chi connectivity index (χ4n) is 3.38. The SMILES string of the molecule is CCCCNC(=O)C1CCN(c2cc(N3CCSCC3)ncn2)CC1. The van der Waals surface area contributed by atoms with E-state index in [9.17, 15) is 4.79 Å². The molecule has 0 atom stereocenters. The minimum atomic E-state index is 0.147. The number of piperidine rings is 1. The molecule has 138 valence electrons. The summed E-state index contributed by atoms with van der Waals surface area (Å²) < 4.78 is 0. The number of rotatable bonds is 6. The van der Waals surface area contributed by atoms with Gasteiger partial charge in [-0.15, -0.1) is 0 Å². The minimum Gasteiger partial charge on any atom is -0.356 e. The highest BCUT2D eigenvalue weighted by atomic mass is 32.2. The quantitative estimate of drug-likeness (QED) is 0.782. The topological polar surface area (TPSA) is 61.4 Å². The van der Waals surface area contributed by atoms with Crippen molar-refractivity contribution in [2.45, 2.75) is 32.6 Å². The van der Waals surface area contributed by atoms with Gasteiger partial charge in [-0.2, -0.15) is 11.8 Å². The van der Waals surface area contributed by atoms with E-state index >= 15 is 0 Å². The van der Waals surface area contributed by atoms with Crippen LogP contribution < -0.4 is 15.1 Å². The van der Waals surface area contributed by atoms with E-state index in [-0.39, 0.29) is 11.8 Å². The molecule has 2 fully saturated rings. The number of thioether (sulfide) groups is 1. The van der Waals surface area contributed by atoms with Gasteiger partial charge >= 0.3 is 0 Å². The van der Waals surface area contributed by atoms with Crippen LogP contribution in [0.5, 0.6) is 0 Å². The van der Waals surface area contributed by atoms with Crippen molar-refractivity contribution in [2.75, 3.05) is 54.0 Å². The molecule has 0 saturated carbocycles. The van der Waals surface area contributed by atoms with Gasteiger partial charge < -0.3 is 15.1 Å². The van der Waals surface area contributed by atoms with Gasteiger partial charge in [0, 0.05) is 56.2 Å². The van der Waals surface area contributed by atoms with E-state index in [1.165, 1.54) is 0 Å². The van der Waals surface area contributed by atoms with Crippen LogP contribution in [0.15, 0.2) is 12.4 Å². The van der Waals surface area contributed by atoms with Gasteiger partial charge in [0.1, 0.15) is 18.0 Å². The van der Waals surface area contributed by atoms with Crippen molar-refractivity contribution in [3.05, 3.63) is 12.4 Å². The van der Waals surface area contributed by atoms with E-state index in [2.05, 4.69) is 38.1 Å². The predicted octanol–water partition coefficient (Wildman–Crippen LogP) is 2.16. The number of hydrogen-bond donors (Lipinski definition) is 1. The molecule has 2 aliphatic rings. The summed E-state index contributed by atoms with van der Waals surface area (Å²) in [5, 5.41) is 3.07. The standard InChI is InChI=1S/C18H29N5OS/c1-2-3-6-19-18(24)15-4-7-22(8-5-15)16-13-17(21-14-20-16)23-9-11-25-12-10-23/h13-15H,2-12H2,1H3,(H,19,24). The number of nitrogens with one attached hydrogen (secondary N) is 1. The second-order valence-corrected chi connectivity index (χ2v) is 7.96. The molecule has 0 bridgehead atoms. The molecule has 0 aliphatic carbocycles. The first-order chi connectivity index (χ1) is 12.3. The summed E-state index contributed by atoms with van der Waals surface area (Å²) >= 11 is 2.00. The lowest BCUT2D eigenvalue weighted by Crippen LogP contribution is -2.41. The van der Waals surface area contributed by atoms with Crippen LogP contribution in [0.4, 0.5) is 11.6 Å². The number of amides is 1. The monoisotopic (exact) mass is 363 g/mol. The maximum atomic E-state index is 12.2. The summed E-state index contributed by atoms with van der Waals surface area (Å²) in [7, 11) is 0. The molecule has 25 heavy (non-hydrogen) atoms. The lowest BCUT2D eigenvalue weighted by Gasteiger charge is -2.33. The third-order valence-electron chi connectivity index (χ3n) is 4.99. The first kappa shape index (κ1) is 18.3. The van der Waals surface area contributed by atoms with Gasteiger partial charge in [-0.25, -0.2) is 9.97 Å². The second-order valence-electron chi connectivity index (χ2n) is 6.74. The fraction of sp³-hybridized carbons (Fsp3) is 0.722. The molecule has 3 rings (SSSR count). The third kappa shape index (κ3) is 5.00. The molecule has 0 aromatic carbocycles. The first-order valence-corrected chi connectivity index (χ1v) is 10.6. The Hall–Kier alpha value is -1.50. The first-order valence-electron chi connectivity index (χ1n) is 9.45. The van der Waals surface area contributed by atoms with Gasteiger partial charge in [-0.05, 0) is 19.3 Å². The van der Waals surface area contributed by atoms with Gasteiger partial charge in [0.25, 0.3) is 0 Å². The highest BCUT2D eigenvalue weighted by Gasteiger charge is 2.25. The zero-order valence-corrected chi connectivity index (χ0v) is 15.9. The molecular formula is C18H29N5OS. The van der Waals surface area contributed by atoms with Crippen molar-refractivity contribution < 1.29 is 4.79 Å². The van der Waals surface area contributed by atoms with Gasteiger partial charge in [0.2, 0.25) is 5.91 Å². The van der Waals surface area contributed by atoms with Crippen molar-refractivity contribution in [1.29, 1.82) is 0 Å². The van der Waals surface area contributed by atoms with E-state index in [1.54, 1.807) is 6.33 Å². The Kier molecular flexibility index (Phi) is 6.78. The maximum Gasteiger partial charge on any atom is 0.223 e. The third-order valence-corrected chi connectivity index (χ3v) is 5.94. The van der Waals surface area contributed by atoms with Crippen molar-refractivity contribution in [2.24, 2.45) is 5.92 Å². The molecule has 1 aromatic heterocycles. The molecule has 0 radical (unpaired) electrons. The molecule has 2 aliphatic heterocycles. The molecule has 3 heterocycles. The number of anilines is 2. The molecule has 1 aromatic rings. The Morgan fingerprint density at radius 1 is 1.16 bits per heavy atom. The summed E-state index contributed by atoms with van der Waals surface area (Å²) in [5.74, 6) is 4.73. The summed E-state index contributed by atoms with van der Waals surface area (Å²) in [5.41, 5.74) is 0. The van der Waals surface area contributed by atoms with Crippen LogP contribution in [0.1, 0.15) is 32.6 Å². The van der Waals surface area contributed by atoms with Gasteiger partial charge in [0.05, 0.1) is 0 Å². The average Bonchev–Trinajstić information content (AvgIpc) is 2.69. The Bertz CT molecular complexity index is 556. The number of carbonyl (C=O) groups excluding carboxylic acids is 1. The van der Waals surface area contributed by atoms with Crippen molar-refractivity contribution in [3.63, 3.8) is 0 Å². The zero-order chi connectivity index (χ0) is 17.5. The summed E-state index contributed by atoms with van der Waals surface area (Å²) in [4.78, 5) is 25.8. The van der Waals surface area contributed by atoms with Gasteiger partial charge in [0.15, 0.2) is 0 Å². The molecule has 0 spiro atoms. The predicted molar refractivity (Wildman–Crippen MR) is 104 cm³/mol. The number of unbranched alkanes of at least 4 members (excludes halogenated alkanes) is 1. The number of nitrogens with zero attached hydrogens (tertiary/aromatic N) is 4. The Morgan fingerprint density at radius 2 is 1.80 bits per heavy atom. The van der Waals surface area contributed by atoms with Crippen LogP contribution in [0, 0.1) is 5.92 Å². The van der Waals surface area contributed by atoms with Crippen LogP contribution >= 0.6 is 11.8 Å². The Labute approximate surface area is 154 Å². The summed E-state index contributed by atoms with van der Waals surface area (Å²) in [6.45, 7) is 6.83. The smallest absolute Gasteiger partial charge is 0.223 e. The molecular weight excluding hydrogens is 334 g/mol. The van der Waals surface area contributed by atoms with Crippen LogP contribution in [0.25, 0.3) is 0 Å². The molecule has 1 N–H and O–H groups in total. The Balaban J connectivity index is 1.53. The van der Waals surface area contributed by atoms with Crippen LogP contribution in [0.2, 0.25) is 0 Å².